The maximum atomic E-state index is 6.17. The molecular weight excluding hydrogens is 198 g/mol. The summed E-state index contributed by atoms with van der Waals surface area (Å²) in [6, 6.07) is 1.79. The minimum atomic E-state index is -0.0157. The Hall–Kier alpha value is -1.35. The fourth-order valence-corrected chi connectivity index (χ4v) is 2.21. The summed E-state index contributed by atoms with van der Waals surface area (Å²) in [5.74, 6) is 0. The lowest BCUT2D eigenvalue weighted by molar-refractivity contribution is 0.628. The third-order valence-electron chi connectivity index (χ3n) is 3.15. The van der Waals surface area contributed by atoms with Gasteiger partial charge >= 0.3 is 0 Å². The maximum absolute atomic E-state index is 6.17. The van der Waals surface area contributed by atoms with Crippen molar-refractivity contribution in [2.24, 2.45) is 5.73 Å². The number of aromatic nitrogens is 1. The van der Waals surface area contributed by atoms with Crippen molar-refractivity contribution in [3.63, 3.8) is 0 Å². The second kappa shape index (κ2) is 5.12. The van der Waals surface area contributed by atoms with Gasteiger partial charge in [0.15, 0.2) is 0 Å². The van der Waals surface area contributed by atoms with Crippen LogP contribution in [0.4, 0.5) is 5.69 Å². The molecule has 4 N–H and O–H groups in total. The lowest BCUT2D eigenvalue weighted by atomic mass is 9.92. The van der Waals surface area contributed by atoms with Crippen LogP contribution < -0.4 is 11.5 Å². The van der Waals surface area contributed by atoms with E-state index in [0.717, 1.165) is 17.7 Å². The monoisotopic (exact) mass is 217 g/mol. The van der Waals surface area contributed by atoms with E-state index in [0.29, 0.717) is 0 Å². The highest BCUT2D eigenvalue weighted by Crippen LogP contribution is 2.27. The molecule has 2 rings (SSSR count). The molecule has 0 aromatic carbocycles. The molecule has 0 saturated carbocycles. The first-order valence-electron chi connectivity index (χ1n) is 5.90. The number of nitrogens with two attached hydrogens (primary N) is 2. The van der Waals surface area contributed by atoms with E-state index < -0.39 is 0 Å². The van der Waals surface area contributed by atoms with Gasteiger partial charge in [0.25, 0.3) is 0 Å². The summed E-state index contributed by atoms with van der Waals surface area (Å²) >= 11 is 0. The molecule has 1 atom stereocenters. The van der Waals surface area contributed by atoms with Crippen molar-refractivity contribution >= 4 is 5.69 Å². The third-order valence-corrected chi connectivity index (χ3v) is 3.15. The van der Waals surface area contributed by atoms with Gasteiger partial charge in [-0.15, -0.1) is 0 Å². The molecule has 1 aliphatic carbocycles. The van der Waals surface area contributed by atoms with Crippen LogP contribution in [-0.4, -0.2) is 4.98 Å². The first-order valence-corrected chi connectivity index (χ1v) is 5.90. The molecule has 0 saturated heterocycles. The number of hydrogen-bond donors (Lipinski definition) is 2. The van der Waals surface area contributed by atoms with Gasteiger partial charge in [-0.2, -0.15) is 0 Å². The quantitative estimate of drug-likeness (QED) is 0.765. The van der Waals surface area contributed by atoms with Crippen molar-refractivity contribution < 1.29 is 0 Å². The van der Waals surface area contributed by atoms with Crippen molar-refractivity contribution in [3.05, 3.63) is 35.7 Å². The van der Waals surface area contributed by atoms with Gasteiger partial charge in [-0.3, -0.25) is 4.98 Å². The molecule has 1 unspecified atom stereocenters. The number of rotatable bonds is 3. The van der Waals surface area contributed by atoms with Crippen molar-refractivity contribution in [3.8, 4) is 0 Å². The maximum Gasteiger partial charge on any atom is 0.0393 e. The van der Waals surface area contributed by atoms with Crippen LogP contribution in [0.2, 0.25) is 0 Å². The number of anilines is 1. The van der Waals surface area contributed by atoms with Crippen LogP contribution in [0.5, 0.6) is 0 Å². The summed E-state index contributed by atoms with van der Waals surface area (Å²) in [4.78, 5) is 4.08. The van der Waals surface area contributed by atoms with Crippen LogP contribution in [0, 0.1) is 0 Å². The Kier molecular flexibility index (Phi) is 3.57. The standard InChI is InChI=1S/C13H19N3/c14-12-6-7-16-9-11(12)13(15)8-10-4-2-1-3-5-10/h4,6-7,9,13H,1-3,5,8,15H2,(H2,14,16). The molecule has 1 heterocycles. The number of nitrogen functional groups attached to an aromatic ring is 1. The van der Waals surface area contributed by atoms with Gasteiger partial charge in [-0.1, -0.05) is 11.6 Å². The van der Waals surface area contributed by atoms with Crippen molar-refractivity contribution in [2.45, 2.75) is 38.1 Å². The number of nitrogens with zero attached hydrogens (tertiary/aromatic N) is 1. The Balaban J connectivity index is 2.05. The normalized spacial score (nSPS) is 17.9. The predicted octanol–water partition coefficient (Wildman–Crippen LogP) is 2.55. The highest BCUT2D eigenvalue weighted by atomic mass is 14.7. The van der Waals surface area contributed by atoms with E-state index in [1.807, 2.05) is 6.07 Å². The van der Waals surface area contributed by atoms with Crippen LogP contribution in [0.25, 0.3) is 0 Å². The summed E-state index contributed by atoms with van der Waals surface area (Å²) in [5.41, 5.74) is 15.2. The average molecular weight is 217 g/mol. The number of pyridine rings is 1. The highest BCUT2D eigenvalue weighted by Gasteiger charge is 2.13. The largest absolute Gasteiger partial charge is 0.398 e. The zero-order chi connectivity index (χ0) is 11.4. The highest BCUT2D eigenvalue weighted by molar-refractivity contribution is 5.46. The molecule has 0 spiro atoms. The van der Waals surface area contributed by atoms with Crippen LogP contribution in [-0.2, 0) is 0 Å². The molecular formula is C13H19N3. The smallest absolute Gasteiger partial charge is 0.0393 e. The Bertz CT molecular complexity index is 385. The zero-order valence-electron chi connectivity index (χ0n) is 9.52. The van der Waals surface area contributed by atoms with E-state index in [1.54, 1.807) is 12.4 Å². The van der Waals surface area contributed by atoms with Gasteiger partial charge in [-0.25, -0.2) is 0 Å². The van der Waals surface area contributed by atoms with Gasteiger partial charge in [0, 0.05) is 29.7 Å². The molecule has 3 heteroatoms. The van der Waals surface area contributed by atoms with Gasteiger partial charge in [0.05, 0.1) is 0 Å². The minimum absolute atomic E-state index is 0.0157. The second-order valence-corrected chi connectivity index (χ2v) is 4.42. The zero-order valence-corrected chi connectivity index (χ0v) is 9.52. The summed E-state index contributed by atoms with van der Waals surface area (Å²) in [5, 5.41) is 0. The Morgan fingerprint density at radius 2 is 2.25 bits per heavy atom. The van der Waals surface area contributed by atoms with Crippen LogP contribution in [0.3, 0.4) is 0 Å². The molecule has 1 aliphatic rings. The topological polar surface area (TPSA) is 64.9 Å². The molecule has 86 valence electrons. The number of hydrogen-bond acceptors (Lipinski definition) is 3. The predicted molar refractivity (Wildman–Crippen MR) is 66.7 cm³/mol. The van der Waals surface area contributed by atoms with Crippen molar-refractivity contribution in [1.82, 2.24) is 4.98 Å². The average Bonchev–Trinajstić information content (AvgIpc) is 2.31. The molecule has 0 aliphatic heterocycles. The molecule has 16 heavy (non-hydrogen) atoms. The molecule has 1 aromatic heterocycles. The number of allylic oxidation sites excluding steroid dienone is 1. The molecule has 0 bridgehead atoms. The van der Waals surface area contributed by atoms with Gasteiger partial charge in [0.2, 0.25) is 0 Å². The van der Waals surface area contributed by atoms with E-state index in [4.69, 9.17) is 11.5 Å². The first kappa shape index (κ1) is 11.1. The van der Waals surface area contributed by atoms with E-state index in [1.165, 1.54) is 31.3 Å². The SMILES string of the molecule is Nc1ccncc1C(N)CC1=CCCCC1. The second-order valence-electron chi connectivity index (χ2n) is 4.42. The molecule has 0 amide bonds. The van der Waals surface area contributed by atoms with Gasteiger partial charge in [0.1, 0.15) is 0 Å². The van der Waals surface area contributed by atoms with Crippen LogP contribution in [0.1, 0.15) is 43.7 Å². The van der Waals surface area contributed by atoms with E-state index >= 15 is 0 Å². The summed E-state index contributed by atoms with van der Waals surface area (Å²) in [6.45, 7) is 0. The van der Waals surface area contributed by atoms with E-state index in [9.17, 15) is 0 Å². The van der Waals surface area contributed by atoms with Gasteiger partial charge in [-0.05, 0) is 38.2 Å². The molecule has 0 fully saturated rings. The lowest BCUT2D eigenvalue weighted by Crippen LogP contribution is -2.14. The fraction of sp³-hybridized carbons (Fsp3) is 0.462. The van der Waals surface area contributed by atoms with Crippen molar-refractivity contribution in [2.75, 3.05) is 5.73 Å². The summed E-state index contributed by atoms with van der Waals surface area (Å²) in [7, 11) is 0. The summed E-state index contributed by atoms with van der Waals surface area (Å²) in [6.07, 6.45) is 11.7. The Labute approximate surface area is 96.6 Å². The molecule has 3 nitrogen and oxygen atoms in total. The van der Waals surface area contributed by atoms with Crippen LogP contribution >= 0.6 is 0 Å². The minimum Gasteiger partial charge on any atom is -0.398 e. The molecule has 1 aromatic rings. The van der Waals surface area contributed by atoms with E-state index in [2.05, 4.69) is 11.1 Å². The van der Waals surface area contributed by atoms with Crippen LogP contribution in [0.15, 0.2) is 30.1 Å². The van der Waals surface area contributed by atoms with Gasteiger partial charge < -0.3 is 11.5 Å². The van der Waals surface area contributed by atoms with Crippen molar-refractivity contribution in [1.29, 1.82) is 0 Å². The first-order chi connectivity index (χ1) is 7.77. The Morgan fingerprint density at radius 3 is 2.94 bits per heavy atom. The lowest BCUT2D eigenvalue weighted by Gasteiger charge is -2.18. The van der Waals surface area contributed by atoms with E-state index in [-0.39, 0.29) is 6.04 Å². The Morgan fingerprint density at radius 1 is 1.38 bits per heavy atom. The summed E-state index contributed by atoms with van der Waals surface area (Å²) < 4.78 is 0. The molecule has 0 radical (unpaired) electrons. The fourth-order valence-electron chi connectivity index (χ4n) is 2.21. The third kappa shape index (κ3) is 2.61.